The number of hydrogen-bond donors (Lipinski definition) is 1. The van der Waals surface area contributed by atoms with Gasteiger partial charge in [-0.3, -0.25) is 0 Å². The Hall–Kier alpha value is -1.09. The van der Waals surface area contributed by atoms with Gasteiger partial charge < -0.3 is 10.1 Å². The van der Waals surface area contributed by atoms with Gasteiger partial charge in [0.05, 0.1) is 6.10 Å². The molecule has 0 bridgehead atoms. The second-order valence-corrected chi connectivity index (χ2v) is 6.95. The molecule has 1 aromatic heterocycles. The van der Waals surface area contributed by atoms with Crippen LogP contribution in [0.4, 0.5) is 0 Å². The molecule has 1 rings (SSSR count). The Bertz CT molecular complexity index is 441. The van der Waals surface area contributed by atoms with Gasteiger partial charge in [0.25, 0.3) is 0 Å². The van der Waals surface area contributed by atoms with Crippen molar-refractivity contribution in [2.75, 3.05) is 6.54 Å². The molecular formula is C18H32N2O. The Labute approximate surface area is 130 Å². The van der Waals surface area contributed by atoms with Crippen LogP contribution in [0.25, 0.3) is 0 Å². The average molecular weight is 292 g/mol. The number of nitrogens with one attached hydrogen (secondary N) is 1. The zero-order valence-electron chi connectivity index (χ0n) is 14.8. The summed E-state index contributed by atoms with van der Waals surface area (Å²) in [4.78, 5) is 4.62. The lowest BCUT2D eigenvalue weighted by Gasteiger charge is -2.20. The number of aryl methyl sites for hydroxylation is 2. The van der Waals surface area contributed by atoms with Crippen LogP contribution in [0.3, 0.4) is 0 Å². The number of nitrogens with zero attached hydrogens (tertiary/aromatic N) is 1. The number of aromatic nitrogens is 1. The smallest absolute Gasteiger partial charge is 0.218 e. The Kier molecular flexibility index (Phi) is 7.16. The van der Waals surface area contributed by atoms with Crippen molar-refractivity contribution < 1.29 is 4.74 Å². The van der Waals surface area contributed by atoms with Crippen molar-refractivity contribution in [3.8, 4) is 5.88 Å². The maximum Gasteiger partial charge on any atom is 0.218 e. The van der Waals surface area contributed by atoms with Crippen LogP contribution in [0.5, 0.6) is 5.88 Å². The number of pyridine rings is 1. The minimum Gasteiger partial charge on any atom is -0.474 e. The molecule has 0 saturated carbocycles. The van der Waals surface area contributed by atoms with E-state index in [1.54, 1.807) is 0 Å². The van der Waals surface area contributed by atoms with E-state index in [9.17, 15) is 0 Å². The van der Waals surface area contributed by atoms with Crippen LogP contribution in [0.1, 0.15) is 57.9 Å². The SMILES string of the molecule is Cc1cc(C)c(CNCC(C)C)c(OC(C)CC(C)C)n1. The van der Waals surface area contributed by atoms with Crippen LogP contribution in [-0.4, -0.2) is 17.6 Å². The Morgan fingerprint density at radius 1 is 1.10 bits per heavy atom. The number of rotatable bonds is 8. The summed E-state index contributed by atoms with van der Waals surface area (Å²) < 4.78 is 6.12. The first-order chi connectivity index (χ1) is 9.79. The summed E-state index contributed by atoms with van der Waals surface area (Å²) in [6.45, 7) is 17.0. The first-order valence-electron chi connectivity index (χ1n) is 8.14. The van der Waals surface area contributed by atoms with Crippen LogP contribution in [0.2, 0.25) is 0 Å². The molecule has 0 amide bonds. The highest BCUT2D eigenvalue weighted by molar-refractivity contribution is 5.36. The van der Waals surface area contributed by atoms with E-state index in [0.29, 0.717) is 11.8 Å². The highest BCUT2D eigenvalue weighted by Crippen LogP contribution is 2.23. The Morgan fingerprint density at radius 3 is 2.33 bits per heavy atom. The van der Waals surface area contributed by atoms with Crippen LogP contribution in [0, 0.1) is 25.7 Å². The van der Waals surface area contributed by atoms with Crippen molar-refractivity contribution in [2.24, 2.45) is 11.8 Å². The van der Waals surface area contributed by atoms with E-state index >= 15 is 0 Å². The van der Waals surface area contributed by atoms with E-state index in [1.807, 2.05) is 6.92 Å². The van der Waals surface area contributed by atoms with Gasteiger partial charge in [0.1, 0.15) is 0 Å². The van der Waals surface area contributed by atoms with Crippen molar-refractivity contribution in [1.82, 2.24) is 10.3 Å². The zero-order valence-corrected chi connectivity index (χ0v) is 14.8. The fourth-order valence-corrected chi connectivity index (χ4v) is 2.53. The first-order valence-corrected chi connectivity index (χ1v) is 8.14. The normalized spacial score (nSPS) is 13.0. The summed E-state index contributed by atoms with van der Waals surface area (Å²) in [5, 5.41) is 3.50. The van der Waals surface area contributed by atoms with Gasteiger partial charge in [-0.1, -0.05) is 27.7 Å². The summed E-state index contributed by atoms with van der Waals surface area (Å²) in [6, 6.07) is 2.13. The summed E-state index contributed by atoms with van der Waals surface area (Å²) in [5.41, 5.74) is 3.47. The van der Waals surface area contributed by atoms with E-state index in [4.69, 9.17) is 4.74 Å². The maximum absolute atomic E-state index is 6.12. The van der Waals surface area contributed by atoms with E-state index in [2.05, 4.69) is 57.9 Å². The van der Waals surface area contributed by atoms with Crippen LogP contribution in [-0.2, 0) is 6.54 Å². The molecule has 0 fully saturated rings. The topological polar surface area (TPSA) is 34.1 Å². The van der Waals surface area contributed by atoms with Crippen molar-refractivity contribution >= 4 is 0 Å². The van der Waals surface area contributed by atoms with Crippen molar-refractivity contribution in [2.45, 2.75) is 67.5 Å². The Balaban J connectivity index is 2.84. The number of ether oxygens (including phenoxy) is 1. The van der Waals surface area contributed by atoms with E-state index in [0.717, 1.165) is 31.1 Å². The summed E-state index contributed by atoms with van der Waals surface area (Å²) in [6.07, 6.45) is 1.25. The molecule has 0 saturated heterocycles. The molecule has 3 heteroatoms. The van der Waals surface area contributed by atoms with Crippen LogP contribution in [0.15, 0.2) is 6.07 Å². The van der Waals surface area contributed by atoms with Crippen molar-refractivity contribution in [1.29, 1.82) is 0 Å². The van der Waals surface area contributed by atoms with E-state index in [1.165, 1.54) is 11.1 Å². The standard InChI is InChI=1S/C18H32N2O/c1-12(2)8-16(7)21-18-17(11-19-10-13(3)4)14(5)9-15(6)20-18/h9,12-13,16,19H,8,10-11H2,1-7H3. The lowest BCUT2D eigenvalue weighted by molar-refractivity contribution is 0.183. The predicted molar refractivity (Wildman–Crippen MR) is 89.8 cm³/mol. The lowest BCUT2D eigenvalue weighted by atomic mass is 10.1. The van der Waals surface area contributed by atoms with Gasteiger partial charge in [0, 0.05) is 17.8 Å². The van der Waals surface area contributed by atoms with Gasteiger partial charge in [-0.05, 0) is 57.2 Å². The van der Waals surface area contributed by atoms with Gasteiger partial charge in [-0.2, -0.15) is 0 Å². The summed E-state index contributed by atoms with van der Waals surface area (Å²) >= 11 is 0. The molecule has 120 valence electrons. The fraction of sp³-hybridized carbons (Fsp3) is 0.722. The van der Waals surface area contributed by atoms with Crippen LogP contribution < -0.4 is 10.1 Å². The van der Waals surface area contributed by atoms with Crippen LogP contribution >= 0.6 is 0 Å². The summed E-state index contributed by atoms with van der Waals surface area (Å²) in [7, 11) is 0. The molecule has 0 spiro atoms. The third-order valence-corrected chi connectivity index (χ3v) is 3.41. The van der Waals surface area contributed by atoms with Crippen molar-refractivity contribution in [3.05, 3.63) is 22.9 Å². The van der Waals surface area contributed by atoms with Gasteiger partial charge in [-0.15, -0.1) is 0 Å². The number of hydrogen-bond acceptors (Lipinski definition) is 3. The first kappa shape index (κ1) is 18.0. The lowest BCUT2D eigenvalue weighted by Crippen LogP contribution is -2.22. The minimum atomic E-state index is 0.197. The van der Waals surface area contributed by atoms with E-state index < -0.39 is 0 Å². The molecule has 1 aromatic rings. The van der Waals surface area contributed by atoms with Gasteiger partial charge in [0.2, 0.25) is 5.88 Å². The highest BCUT2D eigenvalue weighted by Gasteiger charge is 2.14. The second-order valence-electron chi connectivity index (χ2n) is 6.95. The second kappa shape index (κ2) is 8.38. The quantitative estimate of drug-likeness (QED) is 0.777. The minimum absolute atomic E-state index is 0.197. The highest BCUT2D eigenvalue weighted by atomic mass is 16.5. The molecule has 1 N–H and O–H groups in total. The maximum atomic E-state index is 6.12. The van der Waals surface area contributed by atoms with Gasteiger partial charge >= 0.3 is 0 Å². The van der Waals surface area contributed by atoms with E-state index in [-0.39, 0.29) is 6.10 Å². The van der Waals surface area contributed by atoms with Gasteiger partial charge in [-0.25, -0.2) is 4.98 Å². The zero-order chi connectivity index (χ0) is 16.0. The van der Waals surface area contributed by atoms with Crippen molar-refractivity contribution in [3.63, 3.8) is 0 Å². The molecule has 0 aliphatic carbocycles. The Morgan fingerprint density at radius 2 is 1.76 bits per heavy atom. The third kappa shape index (κ3) is 6.47. The molecule has 0 aliphatic rings. The summed E-state index contributed by atoms with van der Waals surface area (Å²) in [5.74, 6) is 2.08. The molecule has 3 nitrogen and oxygen atoms in total. The molecule has 0 aromatic carbocycles. The molecule has 0 radical (unpaired) electrons. The van der Waals surface area contributed by atoms with Gasteiger partial charge in [0.15, 0.2) is 0 Å². The molecule has 1 atom stereocenters. The molecule has 1 unspecified atom stereocenters. The molecule has 0 aliphatic heterocycles. The molecule has 21 heavy (non-hydrogen) atoms. The predicted octanol–water partition coefficient (Wildman–Crippen LogP) is 4.26. The molecular weight excluding hydrogens is 260 g/mol. The average Bonchev–Trinajstić information content (AvgIpc) is 2.30. The fourth-order valence-electron chi connectivity index (χ4n) is 2.53. The monoisotopic (exact) mass is 292 g/mol. The largest absolute Gasteiger partial charge is 0.474 e. The third-order valence-electron chi connectivity index (χ3n) is 3.41. The molecule has 1 heterocycles.